The van der Waals surface area contributed by atoms with Crippen molar-refractivity contribution in [3.63, 3.8) is 0 Å². The number of nitrogens with zero attached hydrogens (tertiary/aromatic N) is 3. The molecule has 0 bridgehead atoms. The van der Waals surface area contributed by atoms with Gasteiger partial charge in [0.05, 0.1) is 18.8 Å². The number of aryl methyl sites for hydroxylation is 1. The van der Waals surface area contributed by atoms with E-state index in [4.69, 9.17) is 10.5 Å². The monoisotopic (exact) mass is 300 g/mol. The van der Waals surface area contributed by atoms with E-state index in [-0.39, 0.29) is 22.9 Å². The van der Waals surface area contributed by atoms with Crippen LogP contribution in [0.5, 0.6) is 0 Å². The average molecular weight is 300 g/mol. The summed E-state index contributed by atoms with van der Waals surface area (Å²) in [6.45, 7) is 3.32. The molecule has 20 heavy (non-hydrogen) atoms. The first kappa shape index (κ1) is 13.8. The first-order chi connectivity index (χ1) is 9.54. The van der Waals surface area contributed by atoms with Crippen LogP contribution in [0.1, 0.15) is 26.2 Å². The van der Waals surface area contributed by atoms with E-state index in [1.165, 1.54) is 6.20 Å². The van der Waals surface area contributed by atoms with E-state index < -0.39 is 10.0 Å². The van der Waals surface area contributed by atoms with Gasteiger partial charge in [0.25, 0.3) is 0 Å². The first-order valence-corrected chi connectivity index (χ1v) is 8.44. The fraction of sp³-hybridized carbons (Fsp3) is 0.750. The van der Waals surface area contributed by atoms with Crippen LogP contribution < -0.4 is 5.73 Å². The summed E-state index contributed by atoms with van der Waals surface area (Å²) in [5, 5.41) is 4.03. The lowest BCUT2D eigenvalue weighted by Crippen LogP contribution is -2.51. The highest BCUT2D eigenvalue weighted by Crippen LogP contribution is 2.34. The van der Waals surface area contributed by atoms with E-state index >= 15 is 0 Å². The van der Waals surface area contributed by atoms with Gasteiger partial charge in [-0.15, -0.1) is 0 Å². The molecule has 2 atom stereocenters. The van der Waals surface area contributed by atoms with Gasteiger partial charge in [0.2, 0.25) is 10.0 Å². The van der Waals surface area contributed by atoms with Crippen molar-refractivity contribution in [2.24, 2.45) is 0 Å². The predicted octanol–water partition coefficient (Wildman–Crippen LogP) is 0.427. The second kappa shape index (κ2) is 5.01. The molecule has 3 rings (SSSR count). The largest absolute Gasteiger partial charge is 0.381 e. The van der Waals surface area contributed by atoms with Crippen molar-refractivity contribution >= 4 is 15.8 Å². The third-order valence-corrected chi connectivity index (χ3v) is 6.04. The van der Waals surface area contributed by atoms with E-state index in [0.717, 1.165) is 19.3 Å². The minimum absolute atomic E-state index is 0.0287. The Bertz CT molecular complexity index is 598. The Hall–Kier alpha value is -1.12. The number of rotatable bonds is 3. The van der Waals surface area contributed by atoms with Gasteiger partial charge in [0.15, 0.2) is 5.82 Å². The van der Waals surface area contributed by atoms with Crippen molar-refractivity contribution in [2.75, 3.05) is 18.9 Å². The predicted molar refractivity (Wildman–Crippen MR) is 73.6 cm³/mol. The van der Waals surface area contributed by atoms with Crippen molar-refractivity contribution in [3.8, 4) is 0 Å². The number of fused-ring (bicyclic) bond motifs is 1. The number of anilines is 1. The molecule has 2 heterocycles. The zero-order valence-electron chi connectivity index (χ0n) is 11.5. The second-order valence-electron chi connectivity index (χ2n) is 5.26. The summed E-state index contributed by atoms with van der Waals surface area (Å²) in [4.78, 5) is 0.118. The van der Waals surface area contributed by atoms with Crippen LogP contribution in [0.2, 0.25) is 0 Å². The van der Waals surface area contributed by atoms with Gasteiger partial charge in [-0.05, 0) is 26.2 Å². The minimum atomic E-state index is -3.59. The molecule has 1 saturated carbocycles. The highest BCUT2D eigenvalue weighted by atomic mass is 32.2. The summed E-state index contributed by atoms with van der Waals surface area (Å²) in [5.74, 6) is 0.0767. The molecule has 1 aliphatic heterocycles. The molecule has 7 nitrogen and oxygen atoms in total. The number of hydrogen-bond acceptors (Lipinski definition) is 5. The van der Waals surface area contributed by atoms with Crippen molar-refractivity contribution in [3.05, 3.63) is 6.20 Å². The van der Waals surface area contributed by atoms with E-state index in [9.17, 15) is 8.42 Å². The molecule has 0 spiro atoms. The molecule has 2 aliphatic rings. The molecule has 1 aromatic rings. The lowest BCUT2D eigenvalue weighted by Gasteiger charge is -2.36. The van der Waals surface area contributed by atoms with Crippen molar-refractivity contribution in [2.45, 2.75) is 49.8 Å². The standard InChI is InChI=1S/C12H20N4O3S/c1-2-15-8-11(12(13)14-15)20(17,18)16-6-7-19-10-5-3-4-9(10)16/h8-10H,2-7H2,1H3,(H2,13,14). The number of nitrogen functional groups attached to an aromatic ring is 1. The van der Waals surface area contributed by atoms with Crippen LogP contribution in [-0.2, 0) is 21.3 Å². The Kier molecular flexibility index (Phi) is 3.47. The molecule has 0 amide bonds. The molecule has 112 valence electrons. The maximum absolute atomic E-state index is 12.8. The maximum Gasteiger partial charge on any atom is 0.248 e. The van der Waals surface area contributed by atoms with Crippen LogP contribution in [-0.4, -0.2) is 47.8 Å². The van der Waals surface area contributed by atoms with Gasteiger partial charge in [-0.1, -0.05) is 0 Å². The molecule has 0 aromatic carbocycles. The summed E-state index contributed by atoms with van der Waals surface area (Å²) in [7, 11) is -3.59. The maximum atomic E-state index is 12.8. The van der Waals surface area contributed by atoms with Gasteiger partial charge < -0.3 is 10.5 Å². The molecule has 0 radical (unpaired) electrons. The van der Waals surface area contributed by atoms with Gasteiger partial charge in [-0.25, -0.2) is 8.42 Å². The topological polar surface area (TPSA) is 90.5 Å². The van der Waals surface area contributed by atoms with Crippen molar-refractivity contribution < 1.29 is 13.2 Å². The zero-order valence-corrected chi connectivity index (χ0v) is 12.3. The molecule has 2 unspecified atom stereocenters. The van der Waals surface area contributed by atoms with Gasteiger partial charge in [0.1, 0.15) is 4.90 Å². The summed E-state index contributed by atoms with van der Waals surface area (Å²) in [6.07, 6.45) is 4.34. The second-order valence-corrected chi connectivity index (χ2v) is 7.12. The van der Waals surface area contributed by atoms with E-state index in [1.807, 2.05) is 6.92 Å². The SMILES string of the molecule is CCn1cc(S(=O)(=O)N2CCOC3CCCC32)c(N)n1. The first-order valence-electron chi connectivity index (χ1n) is 7.00. The third-order valence-electron chi connectivity index (χ3n) is 4.10. The Morgan fingerprint density at radius 1 is 1.50 bits per heavy atom. The Morgan fingerprint density at radius 2 is 2.30 bits per heavy atom. The normalized spacial score (nSPS) is 27.6. The number of morpholine rings is 1. The lowest BCUT2D eigenvalue weighted by atomic mass is 10.2. The van der Waals surface area contributed by atoms with Crippen molar-refractivity contribution in [1.29, 1.82) is 0 Å². The van der Waals surface area contributed by atoms with Crippen LogP contribution in [0.15, 0.2) is 11.1 Å². The average Bonchev–Trinajstić information content (AvgIpc) is 3.03. The summed E-state index contributed by atoms with van der Waals surface area (Å²) >= 11 is 0. The molecule has 2 fully saturated rings. The number of nitrogens with two attached hydrogens (primary N) is 1. The fourth-order valence-corrected chi connectivity index (χ4v) is 4.82. The highest BCUT2D eigenvalue weighted by Gasteiger charge is 2.43. The number of aromatic nitrogens is 2. The quantitative estimate of drug-likeness (QED) is 0.874. The Labute approximate surface area is 118 Å². The van der Waals surface area contributed by atoms with Crippen molar-refractivity contribution in [1.82, 2.24) is 14.1 Å². The van der Waals surface area contributed by atoms with Crippen LogP contribution in [0, 0.1) is 0 Å². The summed E-state index contributed by atoms with van der Waals surface area (Å²) < 4.78 is 34.4. The molecule has 1 aliphatic carbocycles. The molecular weight excluding hydrogens is 280 g/mol. The van der Waals surface area contributed by atoms with Crippen LogP contribution in [0.4, 0.5) is 5.82 Å². The number of sulfonamides is 1. The summed E-state index contributed by atoms with van der Waals surface area (Å²) in [5.41, 5.74) is 5.78. The molecule has 1 aromatic heterocycles. The smallest absolute Gasteiger partial charge is 0.248 e. The lowest BCUT2D eigenvalue weighted by molar-refractivity contribution is -0.0241. The number of hydrogen-bond donors (Lipinski definition) is 1. The van der Waals surface area contributed by atoms with E-state index in [0.29, 0.717) is 19.7 Å². The van der Waals surface area contributed by atoms with Crippen LogP contribution >= 0.6 is 0 Å². The molecule has 2 N–H and O–H groups in total. The fourth-order valence-electron chi connectivity index (χ4n) is 3.09. The Morgan fingerprint density at radius 3 is 3.00 bits per heavy atom. The highest BCUT2D eigenvalue weighted by molar-refractivity contribution is 7.89. The third kappa shape index (κ3) is 2.11. The van der Waals surface area contributed by atoms with Crippen LogP contribution in [0.25, 0.3) is 0 Å². The summed E-state index contributed by atoms with van der Waals surface area (Å²) in [6, 6.07) is -0.0573. The van der Waals surface area contributed by atoms with Gasteiger partial charge in [-0.3, -0.25) is 4.68 Å². The minimum Gasteiger partial charge on any atom is -0.381 e. The number of ether oxygens (including phenoxy) is 1. The van der Waals surface area contributed by atoms with Gasteiger partial charge in [-0.2, -0.15) is 9.40 Å². The zero-order chi connectivity index (χ0) is 14.3. The van der Waals surface area contributed by atoms with E-state index in [1.54, 1.807) is 8.99 Å². The van der Waals surface area contributed by atoms with Gasteiger partial charge >= 0.3 is 0 Å². The van der Waals surface area contributed by atoms with E-state index in [2.05, 4.69) is 5.10 Å². The molecule has 1 saturated heterocycles. The van der Waals surface area contributed by atoms with Gasteiger partial charge in [0, 0.05) is 19.3 Å². The Balaban J connectivity index is 1.96. The molecular formula is C12H20N4O3S. The molecule has 8 heteroatoms. The van der Waals surface area contributed by atoms with Crippen LogP contribution in [0.3, 0.4) is 0 Å².